The molecule has 3 nitrogen and oxygen atoms in total. The summed E-state index contributed by atoms with van der Waals surface area (Å²) in [5, 5.41) is 3.65. The standard InChI is InChI=1S/C16H23NO2/c1-11-7-13(8-12(2)15(11)18-3)16(9-19-10-16)14-5-4-6-17-14/h7-8,14,17H,4-6,9-10H2,1-3H3. The van der Waals surface area contributed by atoms with Gasteiger partial charge < -0.3 is 14.8 Å². The van der Waals surface area contributed by atoms with Crippen LogP contribution in [-0.2, 0) is 10.2 Å². The monoisotopic (exact) mass is 261 g/mol. The number of hydrogen-bond acceptors (Lipinski definition) is 3. The maximum atomic E-state index is 5.57. The van der Waals surface area contributed by atoms with Gasteiger partial charge in [0.05, 0.1) is 25.7 Å². The number of aryl methyl sites for hydroxylation is 2. The Kier molecular flexibility index (Phi) is 3.27. The zero-order chi connectivity index (χ0) is 13.5. The predicted octanol–water partition coefficient (Wildman–Crippen LogP) is 2.33. The molecule has 1 aromatic carbocycles. The van der Waals surface area contributed by atoms with E-state index in [1.165, 1.54) is 29.5 Å². The van der Waals surface area contributed by atoms with Gasteiger partial charge in [0.1, 0.15) is 5.75 Å². The Morgan fingerprint density at radius 3 is 2.37 bits per heavy atom. The molecular weight excluding hydrogens is 238 g/mol. The fourth-order valence-corrected chi connectivity index (χ4v) is 3.61. The van der Waals surface area contributed by atoms with Crippen LogP contribution in [0.3, 0.4) is 0 Å². The van der Waals surface area contributed by atoms with Crippen molar-refractivity contribution in [3.05, 3.63) is 28.8 Å². The van der Waals surface area contributed by atoms with Crippen molar-refractivity contribution in [2.75, 3.05) is 26.9 Å². The summed E-state index contributed by atoms with van der Waals surface area (Å²) < 4.78 is 11.0. The number of hydrogen-bond donors (Lipinski definition) is 1. The summed E-state index contributed by atoms with van der Waals surface area (Å²) in [5.41, 5.74) is 4.04. The van der Waals surface area contributed by atoms with E-state index in [0.29, 0.717) is 6.04 Å². The zero-order valence-electron chi connectivity index (χ0n) is 12.1. The van der Waals surface area contributed by atoms with Gasteiger partial charge in [-0.15, -0.1) is 0 Å². The molecule has 0 aromatic heterocycles. The van der Waals surface area contributed by atoms with Crippen molar-refractivity contribution in [1.82, 2.24) is 5.32 Å². The van der Waals surface area contributed by atoms with Crippen LogP contribution in [0.4, 0.5) is 0 Å². The minimum Gasteiger partial charge on any atom is -0.496 e. The SMILES string of the molecule is COc1c(C)cc(C2(C3CCCN3)COC2)cc1C. The number of ether oxygens (including phenoxy) is 2. The van der Waals surface area contributed by atoms with Crippen LogP contribution in [0.2, 0.25) is 0 Å². The summed E-state index contributed by atoms with van der Waals surface area (Å²) >= 11 is 0. The average Bonchev–Trinajstić information content (AvgIpc) is 2.81. The van der Waals surface area contributed by atoms with Gasteiger partial charge in [0.25, 0.3) is 0 Å². The predicted molar refractivity (Wildman–Crippen MR) is 76.0 cm³/mol. The quantitative estimate of drug-likeness (QED) is 0.906. The van der Waals surface area contributed by atoms with E-state index in [-0.39, 0.29) is 5.41 Å². The van der Waals surface area contributed by atoms with Gasteiger partial charge in [-0.2, -0.15) is 0 Å². The highest BCUT2D eigenvalue weighted by Crippen LogP contribution is 2.41. The third-order valence-electron chi connectivity index (χ3n) is 4.69. The van der Waals surface area contributed by atoms with Gasteiger partial charge >= 0.3 is 0 Å². The fraction of sp³-hybridized carbons (Fsp3) is 0.625. The smallest absolute Gasteiger partial charge is 0.124 e. The van der Waals surface area contributed by atoms with E-state index in [4.69, 9.17) is 9.47 Å². The molecule has 2 aliphatic heterocycles. The van der Waals surface area contributed by atoms with E-state index in [1.807, 2.05) is 0 Å². The lowest BCUT2D eigenvalue weighted by Crippen LogP contribution is -2.58. The Morgan fingerprint density at radius 2 is 1.95 bits per heavy atom. The highest BCUT2D eigenvalue weighted by molar-refractivity contribution is 5.47. The van der Waals surface area contributed by atoms with Crippen LogP contribution in [0.1, 0.15) is 29.5 Å². The number of rotatable bonds is 3. The molecule has 0 aliphatic carbocycles. The molecular formula is C16H23NO2. The average molecular weight is 261 g/mol. The third kappa shape index (κ3) is 1.96. The molecule has 1 atom stereocenters. The van der Waals surface area contributed by atoms with Crippen LogP contribution in [0.15, 0.2) is 12.1 Å². The Labute approximate surface area is 115 Å². The van der Waals surface area contributed by atoms with Gasteiger partial charge in [-0.25, -0.2) is 0 Å². The first-order valence-electron chi connectivity index (χ1n) is 7.14. The summed E-state index contributed by atoms with van der Waals surface area (Å²) in [6.07, 6.45) is 2.54. The molecule has 104 valence electrons. The van der Waals surface area contributed by atoms with Crippen molar-refractivity contribution in [3.8, 4) is 5.75 Å². The molecule has 0 spiro atoms. The molecule has 2 aliphatic rings. The normalized spacial score (nSPS) is 25.1. The van der Waals surface area contributed by atoms with Gasteiger partial charge in [0.15, 0.2) is 0 Å². The van der Waals surface area contributed by atoms with E-state index in [1.54, 1.807) is 7.11 Å². The van der Waals surface area contributed by atoms with Crippen LogP contribution in [0, 0.1) is 13.8 Å². The third-order valence-corrected chi connectivity index (χ3v) is 4.69. The summed E-state index contributed by atoms with van der Waals surface area (Å²) in [4.78, 5) is 0. The molecule has 0 radical (unpaired) electrons. The summed E-state index contributed by atoms with van der Waals surface area (Å²) in [7, 11) is 1.75. The van der Waals surface area contributed by atoms with Crippen molar-refractivity contribution in [2.45, 2.75) is 38.1 Å². The van der Waals surface area contributed by atoms with E-state index in [2.05, 4.69) is 31.3 Å². The van der Waals surface area contributed by atoms with Crippen LogP contribution in [-0.4, -0.2) is 32.9 Å². The Bertz CT molecular complexity index is 451. The maximum absolute atomic E-state index is 5.57. The molecule has 1 N–H and O–H groups in total. The molecule has 1 aromatic rings. The summed E-state index contributed by atoms with van der Waals surface area (Å²) in [5.74, 6) is 1.01. The van der Waals surface area contributed by atoms with Crippen molar-refractivity contribution < 1.29 is 9.47 Å². The van der Waals surface area contributed by atoms with E-state index in [0.717, 1.165) is 25.5 Å². The van der Waals surface area contributed by atoms with Crippen molar-refractivity contribution >= 4 is 0 Å². The zero-order valence-corrected chi connectivity index (χ0v) is 12.1. The summed E-state index contributed by atoms with van der Waals surface area (Å²) in [6, 6.07) is 5.14. The highest BCUT2D eigenvalue weighted by atomic mass is 16.5. The second kappa shape index (κ2) is 4.80. The van der Waals surface area contributed by atoms with Crippen molar-refractivity contribution in [3.63, 3.8) is 0 Å². The van der Waals surface area contributed by atoms with Crippen LogP contribution >= 0.6 is 0 Å². The van der Waals surface area contributed by atoms with E-state index < -0.39 is 0 Å². The molecule has 0 saturated carbocycles. The first-order chi connectivity index (χ1) is 9.17. The summed E-state index contributed by atoms with van der Waals surface area (Å²) in [6.45, 7) is 7.08. The van der Waals surface area contributed by atoms with Crippen molar-refractivity contribution in [2.24, 2.45) is 0 Å². The lowest BCUT2D eigenvalue weighted by molar-refractivity contribution is -0.0761. The highest BCUT2D eigenvalue weighted by Gasteiger charge is 2.48. The first kappa shape index (κ1) is 12.9. The molecule has 3 rings (SSSR count). The molecule has 0 amide bonds. The first-order valence-corrected chi connectivity index (χ1v) is 7.14. The minimum absolute atomic E-state index is 0.179. The molecule has 2 heterocycles. The van der Waals surface area contributed by atoms with Gasteiger partial charge in [0.2, 0.25) is 0 Å². The maximum Gasteiger partial charge on any atom is 0.124 e. The number of benzene rings is 1. The number of nitrogens with one attached hydrogen (secondary N) is 1. The molecule has 1 unspecified atom stereocenters. The topological polar surface area (TPSA) is 30.5 Å². The van der Waals surface area contributed by atoms with Gasteiger partial charge in [-0.1, -0.05) is 12.1 Å². The number of methoxy groups -OCH3 is 1. The molecule has 19 heavy (non-hydrogen) atoms. The second-order valence-electron chi connectivity index (χ2n) is 5.94. The van der Waals surface area contributed by atoms with Gasteiger partial charge in [0, 0.05) is 6.04 Å². The Hall–Kier alpha value is -1.06. The van der Waals surface area contributed by atoms with Crippen LogP contribution in [0.25, 0.3) is 0 Å². The van der Waals surface area contributed by atoms with Crippen LogP contribution < -0.4 is 10.1 Å². The Morgan fingerprint density at radius 1 is 1.26 bits per heavy atom. The minimum atomic E-state index is 0.179. The molecule has 2 saturated heterocycles. The second-order valence-corrected chi connectivity index (χ2v) is 5.94. The molecule has 0 bridgehead atoms. The lowest BCUT2D eigenvalue weighted by atomic mass is 9.71. The van der Waals surface area contributed by atoms with Crippen LogP contribution in [0.5, 0.6) is 5.75 Å². The Balaban J connectivity index is 2.00. The van der Waals surface area contributed by atoms with E-state index >= 15 is 0 Å². The largest absolute Gasteiger partial charge is 0.496 e. The van der Waals surface area contributed by atoms with Gasteiger partial charge in [-0.05, 0) is 49.9 Å². The van der Waals surface area contributed by atoms with Gasteiger partial charge in [-0.3, -0.25) is 0 Å². The lowest BCUT2D eigenvalue weighted by Gasteiger charge is -2.47. The molecule has 2 fully saturated rings. The van der Waals surface area contributed by atoms with E-state index in [9.17, 15) is 0 Å². The van der Waals surface area contributed by atoms with Crippen molar-refractivity contribution in [1.29, 1.82) is 0 Å². The molecule has 3 heteroatoms. The fourth-order valence-electron chi connectivity index (χ4n) is 3.61.